The third-order valence-electron chi connectivity index (χ3n) is 4.43. The molecule has 2 rings (SSSR count). The molecular formula is C21H27N3O5. The highest BCUT2D eigenvalue weighted by molar-refractivity contribution is 6.26. The van der Waals surface area contributed by atoms with Gasteiger partial charge in [-0.25, -0.2) is 4.79 Å². The van der Waals surface area contributed by atoms with Gasteiger partial charge in [0.2, 0.25) is 5.91 Å². The SMILES string of the molecule is Cc1ccc2[nH]cc(C[C@H](O)C(=O)N[C@@H](CCC(=O)C=N)C(=O)OC(C)C)c2c1. The van der Waals surface area contributed by atoms with E-state index in [1.807, 2.05) is 25.1 Å². The van der Waals surface area contributed by atoms with Crippen LogP contribution < -0.4 is 5.32 Å². The molecular weight excluding hydrogens is 374 g/mol. The summed E-state index contributed by atoms with van der Waals surface area (Å²) in [5.41, 5.74) is 2.75. The molecule has 0 spiro atoms. The second-order valence-electron chi connectivity index (χ2n) is 7.28. The number of H-pyrrole nitrogens is 1. The van der Waals surface area contributed by atoms with Crippen molar-refractivity contribution in [3.05, 3.63) is 35.5 Å². The van der Waals surface area contributed by atoms with Gasteiger partial charge in [-0.3, -0.25) is 9.59 Å². The molecule has 29 heavy (non-hydrogen) atoms. The number of rotatable bonds is 10. The van der Waals surface area contributed by atoms with Gasteiger partial charge in [0.15, 0.2) is 5.78 Å². The molecule has 1 heterocycles. The molecule has 156 valence electrons. The van der Waals surface area contributed by atoms with Gasteiger partial charge in [-0.2, -0.15) is 0 Å². The van der Waals surface area contributed by atoms with Crippen LogP contribution in [-0.2, 0) is 25.5 Å². The van der Waals surface area contributed by atoms with Crippen LogP contribution in [0.4, 0.5) is 0 Å². The Morgan fingerprint density at radius 1 is 1.31 bits per heavy atom. The maximum absolute atomic E-state index is 12.5. The highest BCUT2D eigenvalue weighted by atomic mass is 16.5. The number of aromatic amines is 1. The van der Waals surface area contributed by atoms with E-state index in [4.69, 9.17) is 10.1 Å². The molecule has 0 aliphatic rings. The Morgan fingerprint density at radius 3 is 2.69 bits per heavy atom. The van der Waals surface area contributed by atoms with Gasteiger partial charge in [0.05, 0.1) is 12.3 Å². The number of amides is 1. The zero-order chi connectivity index (χ0) is 21.6. The first-order valence-electron chi connectivity index (χ1n) is 9.50. The maximum Gasteiger partial charge on any atom is 0.328 e. The summed E-state index contributed by atoms with van der Waals surface area (Å²) >= 11 is 0. The summed E-state index contributed by atoms with van der Waals surface area (Å²) in [4.78, 5) is 39.2. The van der Waals surface area contributed by atoms with E-state index in [2.05, 4.69) is 10.3 Å². The molecule has 0 bridgehead atoms. The van der Waals surface area contributed by atoms with E-state index in [-0.39, 0.29) is 25.4 Å². The quantitative estimate of drug-likeness (QED) is 0.356. The minimum Gasteiger partial charge on any atom is -0.461 e. The van der Waals surface area contributed by atoms with E-state index in [0.29, 0.717) is 6.21 Å². The first kappa shape index (κ1) is 22.3. The maximum atomic E-state index is 12.5. The summed E-state index contributed by atoms with van der Waals surface area (Å²) < 4.78 is 5.13. The zero-order valence-electron chi connectivity index (χ0n) is 16.8. The van der Waals surface area contributed by atoms with Gasteiger partial charge in [0.25, 0.3) is 0 Å². The van der Waals surface area contributed by atoms with Crippen LogP contribution in [0.25, 0.3) is 10.9 Å². The number of Topliss-reactive ketones (excluding diaryl/α,β-unsaturated/α-hetero) is 1. The van der Waals surface area contributed by atoms with E-state index in [1.54, 1.807) is 20.0 Å². The lowest BCUT2D eigenvalue weighted by atomic mass is 10.0. The van der Waals surface area contributed by atoms with Crippen molar-refractivity contribution in [3.8, 4) is 0 Å². The summed E-state index contributed by atoms with van der Waals surface area (Å²) in [6.45, 7) is 5.31. The Hall–Kier alpha value is -3.00. The van der Waals surface area contributed by atoms with Crippen LogP contribution in [-0.4, -0.2) is 52.2 Å². The predicted molar refractivity (Wildman–Crippen MR) is 109 cm³/mol. The van der Waals surface area contributed by atoms with Crippen LogP contribution in [0.1, 0.15) is 37.8 Å². The van der Waals surface area contributed by atoms with E-state index < -0.39 is 29.8 Å². The molecule has 0 saturated carbocycles. The number of ketones is 1. The topological polar surface area (TPSA) is 132 Å². The van der Waals surface area contributed by atoms with Crippen molar-refractivity contribution in [2.45, 2.75) is 58.3 Å². The molecule has 0 aliphatic carbocycles. The summed E-state index contributed by atoms with van der Waals surface area (Å²) in [5, 5.41) is 20.7. The number of nitrogens with one attached hydrogen (secondary N) is 3. The Labute approximate surface area is 169 Å². The monoisotopic (exact) mass is 401 g/mol. The van der Waals surface area contributed by atoms with Crippen LogP contribution in [0.2, 0.25) is 0 Å². The molecule has 0 fully saturated rings. The second kappa shape index (κ2) is 9.97. The minimum atomic E-state index is -1.37. The second-order valence-corrected chi connectivity index (χ2v) is 7.28. The minimum absolute atomic E-state index is 0.00942. The van der Waals surface area contributed by atoms with Gasteiger partial charge in [-0.05, 0) is 44.9 Å². The largest absolute Gasteiger partial charge is 0.461 e. The lowest BCUT2D eigenvalue weighted by molar-refractivity contribution is -0.152. The number of ether oxygens (including phenoxy) is 1. The Kier molecular flexibility index (Phi) is 7.67. The molecule has 1 amide bonds. The Bertz CT molecular complexity index is 903. The third kappa shape index (κ3) is 6.25. The molecule has 8 heteroatoms. The number of carbonyl (C=O) groups is 3. The molecule has 2 atom stereocenters. The standard InChI is InChI=1S/C21H27N3O5/c1-12(2)29-21(28)18(7-5-15(25)10-22)24-20(27)19(26)9-14-11-23-17-6-4-13(3)8-16(14)17/h4,6,8,10-12,18-19,22-23,26H,5,7,9H2,1-3H3,(H,24,27)/t18-,19-/m0/s1. The summed E-state index contributed by atoms with van der Waals surface area (Å²) in [6, 6.07) is 4.79. The van der Waals surface area contributed by atoms with Gasteiger partial charge in [0, 0.05) is 29.9 Å². The summed E-state index contributed by atoms with van der Waals surface area (Å²) in [6.07, 6.45) is 0.626. The molecule has 0 unspecified atom stereocenters. The molecule has 1 aromatic carbocycles. The van der Waals surface area contributed by atoms with E-state index in [1.165, 1.54) is 0 Å². The van der Waals surface area contributed by atoms with Crippen molar-refractivity contribution in [3.63, 3.8) is 0 Å². The van der Waals surface area contributed by atoms with Crippen molar-refractivity contribution in [1.82, 2.24) is 10.3 Å². The fraction of sp³-hybridized carbons (Fsp3) is 0.429. The lowest BCUT2D eigenvalue weighted by Crippen LogP contribution is -2.47. The van der Waals surface area contributed by atoms with Gasteiger partial charge in [0.1, 0.15) is 12.1 Å². The van der Waals surface area contributed by atoms with Crippen LogP contribution in [0, 0.1) is 12.3 Å². The van der Waals surface area contributed by atoms with Crippen LogP contribution in [0.15, 0.2) is 24.4 Å². The Balaban J connectivity index is 2.07. The van der Waals surface area contributed by atoms with Gasteiger partial charge >= 0.3 is 5.97 Å². The highest BCUT2D eigenvalue weighted by Gasteiger charge is 2.27. The number of fused-ring (bicyclic) bond motifs is 1. The molecule has 1 aromatic heterocycles. The van der Waals surface area contributed by atoms with Crippen LogP contribution in [0.3, 0.4) is 0 Å². The predicted octanol–water partition coefficient (Wildman–Crippen LogP) is 1.81. The number of hydrogen-bond donors (Lipinski definition) is 4. The molecule has 4 N–H and O–H groups in total. The third-order valence-corrected chi connectivity index (χ3v) is 4.43. The average Bonchev–Trinajstić information content (AvgIpc) is 3.05. The number of esters is 1. The van der Waals surface area contributed by atoms with E-state index in [0.717, 1.165) is 22.0 Å². The Morgan fingerprint density at radius 2 is 2.03 bits per heavy atom. The average molecular weight is 401 g/mol. The molecule has 0 aliphatic heterocycles. The van der Waals surface area contributed by atoms with Crippen molar-refractivity contribution in [2.75, 3.05) is 0 Å². The summed E-state index contributed by atoms with van der Waals surface area (Å²) in [7, 11) is 0. The molecule has 2 aromatic rings. The molecule has 0 radical (unpaired) electrons. The normalized spacial score (nSPS) is 13.1. The number of aliphatic hydroxyl groups is 1. The number of aromatic nitrogens is 1. The number of aliphatic hydroxyl groups excluding tert-OH is 1. The van der Waals surface area contributed by atoms with Crippen molar-refractivity contribution < 1.29 is 24.2 Å². The number of aryl methyl sites for hydroxylation is 1. The fourth-order valence-electron chi connectivity index (χ4n) is 2.95. The first-order chi connectivity index (χ1) is 13.7. The number of carbonyl (C=O) groups excluding carboxylic acids is 3. The van der Waals surface area contributed by atoms with E-state index in [9.17, 15) is 19.5 Å². The van der Waals surface area contributed by atoms with Gasteiger partial charge < -0.3 is 25.6 Å². The van der Waals surface area contributed by atoms with Crippen molar-refractivity contribution in [1.29, 1.82) is 5.41 Å². The van der Waals surface area contributed by atoms with E-state index >= 15 is 0 Å². The number of hydrogen-bond acceptors (Lipinski definition) is 6. The van der Waals surface area contributed by atoms with Crippen molar-refractivity contribution in [2.24, 2.45) is 0 Å². The number of benzene rings is 1. The van der Waals surface area contributed by atoms with Crippen LogP contribution >= 0.6 is 0 Å². The lowest BCUT2D eigenvalue weighted by Gasteiger charge is -2.20. The summed E-state index contributed by atoms with van der Waals surface area (Å²) in [5.74, 6) is -1.86. The van der Waals surface area contributed by atoms with Gasteiger partial charge in [-0.15, -0.1) is 0 Å². The fourth-order valence-corrected chi connectivity index (χ4v) is 2.95. The smallest absolute Gasteiger partial charge is 0.328 e. The van der Waals surface area contributed by atoms with Crippen LogP contribution in [0.5, 0.6) is 0 Å². The first-order valence-corrected chi connectivity index (χ1v) is 9.50. The zero-order valence-corrected chi connectivity index (χ0v) is 16.8. The molecule has 8 nitrogen and oxygen atoms in total. The van der Waals surface area contributed by atoms with Gasteiger partial charge in [-0.1, -0.05) is 11.6 Å². The highest BCUT2D eigenvalue weighted by Crippen LogP contribution is 2.21. The molecule has 0 saturated heterocycles. The van der Waals surface area contributed by atoms with Crippen molar-refractivity contribution >= 4 is 34.8 Å².